The molecule has 146 valence electrons. The van der Waals surface area contributed by atoms with E-state index >= 15 is 0 Å². The Hall–Kier alpha value is -2.54. The average Bonchev–Trinajstić information content (AvgIpc) is 2.98. The fourth-order valence-electron chi connectivity index (χ4n) is 3.37. The van der Waals surface area contributed by atoms with Crippen molar-refractivity contribution < 1.29 is 28.9 Å². The van der Waals surface area contributed by atoms with Crippen molar-refractivity contribution in [3.05, 3.63) is 29.3 Å². The molecule has 0 saturated carbocycles. The number of morpholine rings is 1. The molecule has 0 aliphatic carbocycles. The van der Waals surface area contributed by atoms with Crippen molar-refractivity contribution in [2.24, 2.45) is 0 Å². The predicted molar refractivity (Wildman–Crippen MR) is 99.0 cm³/mol. The molecule has 2 aliphatic heterocycles. The molecule has 2 unspecified atom stereocenters. The zero-order valence-electron chi connectivity index (χ0n) is 15.6. The largest absolute Gasteiger partial charge is 0.493 e. The predicted octanol–water partition coefficient (Wildman–Crippen LogP) is 2.12. The van der Waals surface area contributed by atoms with Gasteiger partial charge in [0, 0.05) is 36.7 Å². The van der Waals surface area contributed by atoms with Gasteiger partial charge in [0.15, 0.2) is 0 Å². The van der Waals surface area contributed by atoms with Crippen LogP contribution >= 0.6 is 0 Å². The van der Waals surface area contributed by atoms with Gasteiger partial charge in [-0.05, 0) is 32.1 Å². The van der Waals surface area contributed by atoms with E-state index in [9.17, 15) is 9.59 Å². The molecule has 1 aromatic carbocycles. The van der Waals surface area contributed by atoms with Crippen LogP contribution in [0.15, 0.2) is 18.2 Å². The maximum absolute atomic E-state index is 12.5. The van der Waals surface area contributed by atoms with Crippen molar-refractivity contribution in [3.63, 3.8) is 0 Å². The number of aliphatic carboxylic acids is 1. The Morgan fingerprint density at radius 2 is 2.22 bits per heavy atom. The van der Waals surface area contributed by atoms with Gasteiger partial charge >= 0.3 is 5.97 Å². The summed E-state index contributed by atoms with van der Waals surface area (Å²) in [5.41, 5.74) is 1.90. The number of amides is 1. The zero-order valence-corrected chi connectivity index (χ0v) is 15.6. The number of ether oxygens (including phenoxy) is 3. The second-order valence-electron chi connectivity index (χ2n) is 6.77. The fraction of sp³-hybridized carbons (Fsp3) is 0.500. The van der Waals surface area contributed by atoms with E-state index in [-0.39, 0.29) is 25.0 Å². The molecular formula is C20H25NO6. The molecule has 0 spiro atoms. The van der Waals surface area contributed by atoms with E-state index in [4.69, 9.17) is 19.3 Å². The van der Waals surface area contributed by atoms with Crippen molar-refractivity contribution in [1.82, 2.24) is 4.90 Å². The van der Waals surface area contributed by atoms with Crippen molar-refractivity contribution in [1.29, 1.82) is 0 Å². The first-order valence-corrected chi connectivity index (χ1v) is 9.23. The normalized spacial score (nSPS) is 21.8. The summed E-state index contributed by atoms with van der Waals surface area (Å²) >= 11 is 0. The molecule has 0 bridgehead atoms. The molecule has 27 heavy (non-hydrogen) atoms. The first kappa shape index (κ1) is 19.2. The molecule has 0 radical (unpaired) electrons. The van der Waals surface area contributed by atoms with Crippen LogP contribution in [-0.4, -0.2) is 60.4 Å². The molecule has 1 N–H and O–H groups in total. The lowest BCUT2D eigenvalue weighted by atomic mass is 10.1. The van der Waals surface area contributed by atoms with Crippen LogP contribution in [0, 0.1) is 0 Å². The maximum atomic E-state index is 12.5. The summed E-state index contributed by atoms with van der Waals surface area (Å²) in [6.45, 7) is 5.53. The number of fused-ring (bicyclic) bond motifs is 1. The van der Waals surface area contributed by atoms with Gasteiger partial charge < -0.3 is 24.2 Å². The van der Waals surface area contributed by atoms with Gasteiger partial charge in [0.1, 0.15) is 17.6 Å². The minimum absolute atomic E-state index is 0.109. The topological polar surface area (TPSA) is 85.3 Å². The Labute approximate surface area is 158 Å². The van der Waals surface area contributed by atoms with Gasteiger partial charge in [0.2, 0.25) is 5.91 Å². The van der Waals surface area contributed by atoms with Crippen molar-refractivity contribution >= 4 is 18.0 Å². The van der Waals surface area contributed by atoms with Crippen LogP contribution in [-0.2, 0) is 20.7 Å². The quantitative estimate of drug-likeness (QED) is 0.767. The third-order valence-corrected chi connectivity index (χ3v) is 4.59. The molecule has 1 amide bonds. The van der Waals surface area contributed by atoms with E-state index in [0.29, 0.717) is 19.8 Å². The molecule has 3 rings (SSSR count). The summed E-state index contributed by atoms with van der Waals surface area (Å²) in [5, 5.41) is 8.90. The monoisotopic (exact) mass is 375 g/mol. The van der Waals surface area contributed by atoms with E-state index in [0.717, 1.165) is 29.0 Å². The number of rotatable bonds is 6. The number of benzene rings is 1. The molecular weight excluding hydrogens is 350 g/mol. The van der Waals surface area contributed by atoms with Crippen LogP contribution in [0.4, 0.5) is 0 Å². The lowest BCUT2D eigenvalue weighted by Crippen LogP contribution is -2.45. The van der Waals surface area contributed by atoms with Crippen LogP contribution in [0.2, 0.25) is 0 Å². The number of hydrogen-bond donors (Lipinski definition) is 1. The van der Waals surface area contributed by atoms with Gasteiger partial charge in [-0.1, -0.05) is 0 Å². The van der Waals surface area contributed by atoms with E-state index in [2.05, 4.69) is 0 Å². The highest BCUT2D eigenvalue weighted by atomic mass is 16.5. The smallest absolute Gasteiger partial charge is 0.306 e. The van der Waals surface area contributed by atoms with Crippen molar-refractivity contribution in [2.75, 3.05) is 26.3 Å². The Morgan fingerprint density at radius 1 is 1.41 bits per heavy atom. The molecule has 1 fully saturated rings. The lowest BCUT2D eigenvalue weighted by Gasteiger charge is -2.31. The van der Waals surface area contributed by atoms with E-state index < -0.39 is 12.1 Å². The fourth-order valence-corrected chi connectivity index (χ4v) is 3.37. The number of carbonyl (C=O) groups excluding carboxylic acids is 1. The minimum Gasteiger partial charge on any atom is -0.493 e. The first-order chi connectivity index (χ1) is 13.0. The lowest BCUT2D eigenvalue weighted by molar-refractivity contribution is -0.145. The highest BCUT2D eigenvalue weighted by Crippen LogP contribution is 2.35. The average molecular weight is 375 g/mol. The molecule has 7 heteroatoms. The summed E-state index contributed by atoms with van der Waals surface area (Å²) in [4.78, 5) is 25.0. The standard InChI is InChI=1S/C20H25NO6/c1-3-25-17-10-15-8-13(2)27-18(15)9-14(17)4-5-19(22)21-6-7-26-16(12-21)11-20(23)24/h4-5,9-10,13,16H,3,6-8,11-12H2,1-2H3,(H,23,24). The number of carboxylic acid groups (broad SMARTS) is 1. The SMILES string of the molecule is CCOc1cc2c(cc1C=CC(=O)N1CCOC(CC(=O)O)C1)OC(C)C2. The second-order valence-corrected chi connectivity index (χ2v) is 6.77. The Kier molecular flexibility index (Phi) is 6.01. The van der Waals surface area contributed by atoms with Gasteiger partial charge in [-0.15, -0.1) is 0 Å². The Balaban J connectivity index is 1.72. The Morgan fingerprint density at radius 3 is 2.96 bits per heavy atom. The molecule has 2 heterocycles. The van der Waals surface area contributed by atoms with Crippen LogP contribution in [0.1, 0.15) is 31.4 Å². The highest BCUT2D eigenvalue weighted by molar-refractivity contribution is 5.92. The van der Waals surface area contributed by atoms with Crippen LogP contribution in [0.5, 0.6) is 11.5 Å². The van der Waals surface area contributed by atoms with Gasteiger partial charge in [0.05, 0.1) is 25.7 Å². The highest BCUT2D eigenvalue weighted by Gasteiger charge is 2.25. The summed E-state index contributed by atoms with van der Waals surface area (Å²) in [6, 6.07) is 3.88. The molecule has 2 aliphatic rings. The van der Waals surface area contributed by atoms with Crippen LogP contribution < -0.4 is 9.47 Å². The second kappa shape index (κ2) is 8.43. The van der Waals surface area contributed by atoms with Crippen LogP contribution in [0.25, 0.3) is 6.08 Å². The van der Waals surface area contributed by atoms with Gasteiger partial charge in [-0.3, -0.25) is 9.59 Å². The molecule has 1 saturated heterocycles. The summed E-state index contributed by atoms with van der Waals surface area (Å²) in [5.74, 6) is 0.444. The van der Waals surface area contributed by atoms with Crippen LogP contribution in [0.3, 0.4) is 0 Å². The third-order valence-electron chi connectivity index (χ3n) is 4.59. The van der Waals surface area contributed by atoms with Gasteiger partial charge in [0.25, 0.3) is 0 Å². The zero-order chi connectivity index (χ0) is 19.4. The van der Waals surface area contributed by atoms with Gasteiger partial charge in [-0.2, -0.15) is 0 Å². The van der Waals surface area contributed by atoms with E-state index in [1.165, 1.54) is 6.08 Å². The number of carboxylic acids is 1. The molecule has 2 atom stereocenters. The molecule has 1 aromatic rings. The minimum atomic E-state index is -0.932. The first-order valence-electron chi connectivity index (χ1n) is 9.23. The van der Waals surface area contributed by atoms with Crippen molar-refractivity contribution in [3.8, 4) is 11.5 Å². The van der Waals surface area contributed by atoms with E-state index in [1.54, 1.807) is 11.0 Å². The maximum Gasteiger partial charge on any atom is 0.306 e. The van der Waals surface area contributed by atoms with Gasteiger partial charge in [-0.25, -0.2) is 0 Å². The molecule has 0 aromatic heterocycles. The summed E-state index contributed by atoms with van der Waals surface area (Å²) in [7, 11) is 0. The van der Waals surface area contributed by atoms with E-state index in [1.807, 2.05) is 26.0 Å². The van der Waals surface area contributed by atoms with Crippen molar-refractivity contribution in [2.45, 2.75) is 38.9 Å². The summed E-state index contributed by atoms with van der Waals surface area (Å²) in [6.07, 6.45) is 3.62. The number of carbonyl (C=O) groups is 2. The Bertz CT molecular complexity index is 744. The number of hydrogen-bond acceptors (Lipinski definition) is 5. The third kappa shape index (κ3) is 4.80. The summed E-state index contributed by atoms with van der Waals surface area (Å²) < 4.78 is 16.9. The number of nitrogens with zero attached hydrogens (tertiary/aromatic N) is 1. The molecule has 7 nitrogen and oxygen atoms in total.